The van der Waals surface area contributed by atoms with E-state index in [0.29, 0.717) is 29.8 Å². The van der Waals surface area contributed by atoms with Crippen molar-refractivity contribution in [1.82, 2.24) is 4.57 Å². The monoisotopic (exact) mass is 503 g/mol. The average molecular weight is 504 g/mol. The maximum absolute atomic E-state index is 13.2. The molecule has 0 unspecified atom stereocenters. The lowest BCUT2D eigenvalue weighted by Crippen LogP contribution is -2.21. The van der Waals surface area contributed by atoms with Crippen molar-refractivity contribution in [2.45, 2.75) is 79.4 Å². The third-order valence-corrected chi connectivity index (χ3v) is 6.40. The molecule has 3 rings (SSSR count). The SMILES string of the molecule is CCCCCCn1c(=O)c(O)c(OC/C=C(\C)CCC=C(C)C)c2ccc(OCc3ccccc3)cc21. The van der Waals surface area contributed by atoms with E-state index in [-0.39, 0.29) is 18.1 Å². The summed E-state index contributed by atoms with van der Waals surface area (Å²) in [5, 5.41) is 11.6. The van der Waals surface area contributed by atoms with Gasteiger partial charge >= 0.3 is 0 Å². The minimum atomic E-state index is -0.427. The van der Waals surface area contributed by atoms with Crippen LogP contribution in [0.4, 0.5) is 0 Å². The minimum absolute atomic E-state index is 0.229. The van der Waals surface area contributed by atoms with Crippen molar-refractivity contribution in [1.29, 1.82) is 0 Å². The van der Waals surface area contributed by atoms with Gasteiger partial charge in [0.1, 0.15) is 19.0 Å². The highest BCUT2D eigenvalue weighted by Crippen LogP contribution is 2.34. The highest BCUT2D eigenvalue weighted by molar-refractivity contribution is 5.89. The van der Waals surface area contributed by atoms with Gasteiger partial charge in [-0.25, -0.2) is 0 Å². The number of pyridine rings is 1. The molecule has 0 saturated heterocycles. The van der Waals surface area contributed by atoms with Crippen LogP contribution in [0, 0.1) is 0 Å². The molecule has 5 heteroatoms. The lowest BCUT2D eigenvalue weighted by molar-refractivity contribution is 0.306. The van der Waals surface area contributed by atoms with E-state index in [1.165, 1.54) is 11.1 Å². The maximum atomic E-state index is 13.2. The first kappa shape index (κ1) is 28.1. The van der Waals surface area contributed by atoms with Gasteiger partial charge in [-0.3, -0.25) is 4.79 Å². The molecular weight excluding hydrogens is 462 g/mol. The number of aryl methyl sites for hydroxylation is 1. The van der Waals surface area contributed by atoms with E-state index in [9.17, 15) is 9.90 Å². The lowest BCUT2D eigenvalue weighted by Gasteiger charge is -2.17. The molecule has 3 aromatic rings. The Morgan fingerprint density at radius 1 is 0.973 bits per heavy atom. The molecule has 1 heterocycles. The Kier molecular flexibility index (Phi) is 10.9. The first-order valence-electron chi connectivity index (χ1n) is 13.4. The lowest BCUT2D eigenvalue weighted by atomic mass is 10.1. The topological polar surface area (TPSA) is 60.7 Å². The zero-order valence-corrected chi connectivity index (χ0v) is 22.8. The Bertz CT molecular complexity index is 1270. The largest absolute Gasteiger partial charge is 0.500 e. The van der Waals surface area contributed by atoms with Crippen LogP contribution in [0.5, 0.6) is 17.2 Å². The normalized spacial score (nSPS) is 11.5. The van der Waals surface area contributed by atoms with Gasteiger partial charge in [-0.1, -0.05) is 73.7 Å². The van der Waals surface area contributed by atoms with Gasteiger partial charge in [0.05, 0.1) is 5.52 Å². The minimum Gasteiger partial charge on any atom is -0.500 e. The van der Waals surface area contributed by atoms with Crippen LogP contribution in [0.15, 0.2) is 76.6 Å². The Morgan fingerprint density at radius 3 is 2.49 bits per heavy atom. The molecule has 0 aliphatic rings. The fraction of sp³-hybridized carbons (Fsp3) is 0.406. The molecule has 0 amide bonds. The molecule has 2 aromatic carbocycles. The second-order valence-corrected chi connectivity index (χ2v) is 9.83. The van der Waals surface area contributed by atoms with Crippen LogP contribution < -0.4 is 15.0 Å². The van der Waals surface area contributed by atoms with E-state index < -0.39 is 5.56 Å². The standard InChI is InChI=1S/C32H41NO4/c1-5-6-7-11-20-33-29-22-27(37-23-26-15-9-8-10-16-26)17-18-28(29)31(30(34)32(33)35)36-21-19-25(4)14-12-13-24(2)3/h8-10,13,15-19,22,34H,5-7,11-12,14,20-21,23H2,1-4H3/b25-19+. The second-order valence-electron chi connectivity index (χ2n) is 9.83. The van der Waals surface area contributed by atoms with Crippen molar-refractivity contribution >= 4 is 10.9 Å². The molecule has 5 nitrogen and oxygen atoms in total. The van der Waals surface area contributed by atoms with E-state index in [4.69, 9.17) is 9.47 Å². The number of fused-ring (bicyclic) bond motifs is 1. The van der Waals surface area contributed by atoms with Crippen molar-refractivity contribution in [3.8, 4) is 17.2 Å². The van der Waals surface area contributed by atoms with Crippen molar-refractivity contribution in [2.24, 2.45) is 0 Å². The molecular formula is C32H41NO4. The fourth-order valence-corrected chi connectivity index (χ4v) is 4.24. The molecule has 0 aliphatic carbocycles. The summed E-state index contributed by atoms with van der Waals surface area (Å²) in [5.74, 6) is 0.564. The molecule has 1 aromatic heterocycles. The second kappa shape index (κ2) is 14.3. The summed E-state index contributed by atoms with van der Waals surface area (Å²) in [6.07, 6.45) is 10.3. The summed E-state index contributed by atoms with van der Waals surface area (Å²) in [6, 6.07) is 15.6. The number of hydrogen-bond donors (Lipinski definition) is 1. The van der Waals surface area contributed by atoms with Gasteiger partial charge < -0.3 is 19.1 Å². The number of nitrogens with zero attached hydrogens (tertiary/aromatic N) is 1. The van der Waals surface area contributed by atoms with Crippen molar-refractivity contribution in [3.05, 3.63) is 87.7 Å². The molecule has 0 bridgehead atoms. The van der Waals surface area contributed by atoms with Gasteiger partial charge in [-0.05, 0) is 63.8 Å². The van der Waals surface area contributed by atoms with E-state index >= 15 is 0 Å². The molecule has 0 aliphatic heterocycles. The maximum Gasteiger partial charge on any atom is 0.297 e. The Labute approximate surface area is 221 Å². The predicted octanol–water partition coefficient (Wildman–Crippen LogP) is 7.94. The van der Waals surface area contributed by atoms with E-state index in [1.54, 1.807) is 4.57 Å². The van der Waals surface area contributed by atoms with Gasteiger partial charge in [0.25, 0.3) is 5.56 Å². The van der Waals surface area contributed by atoms with E-state index in [1.807, 2.05) is 54.6 Å². The summed E-state index contributed by atoms with van der Waals surface area (Å²) >= 11 is 0. The predicted molar refractivity (Wildman–Crippen MR) is 153 cm³/mol. The molecule has 37 heavy (non-hydrogen) atoms. The van der Waals surface area contributed by atoms with Gasteiger partial charge in [-0.15, -0.1) is 0 Å². The number of benzene rings is 2. The molecule has 0 spiro atoms. The number of unbranched alkanes of at least 4 members (excludes halogenated alkanes) is 3. The smallest absolute Gasteiger partial charge is 0.297 e. The fourth-order valence-electron chi connectivity index (χ4n) is 4.24. The van der Waals surface area contributed by atoms with Crippen LogP contribution in [0.1, 0.15) is 71.8 Å². The molecule has 0 radical (unpaired) electrons. The number of rotatable bonds is 14. The molecule has 0 atom stereocenters. The van der Waals surface area contributed by atoms with Crippen LogP contribution in [0.3, 0.4) is 0 Å². The molecule has 198 valence electrons. The molecule has 0 fully saturated rings. The van der Waals surface area contributed by atoms with Crippen molar-refractivity contribution in [2.75, 3.05) is 6.61 Å². The van der Waals surface area contributed by atoms with E-state index in [2.05, 4.69) is 33.8 Å². The highest BCUT2D eigenvalue weighted by atomic mass is 16.5. The van der Waals surface area contributed by atoms with Crippen molar-refractivity contribution < 1.29 is 14.6 Å². The van der Waals surface area contributed by atoms with Gasteiger partial charge in [0.15, 0.2) is 5.75 Å². The number of aromatic nitrogens is 1. The molecule has 0 saturated carbocycles. The number of allylic oxidation sites excluding steroid dienone is 3. The Morgan fingerprint density at radius 2 is 1.76 bits per heavy atom. The first-order chi connectivity index (χ1) is 17.9. The quantitative estimate of drug-likeness (QED) is 0.179. The van der Waals surface area contributed by atoms with Crippen LogP contribution in [-0.4, -0.2) is 16.3 Å². The summed E-state index contributed by atoms with van der Waals surface area (Å²) < 4.78 is 13.7. The summed E-state index contributed by atoms with van der Waals surface area (Å²) in [7, 11) is 0. The van der Waals surface area contributed by atoms with Gasteiger partial charge in [0, 0.05) is 18.0 Å². The Balaban J connectivity index is 1.88. The third kappa shape index (κ3) is 8.28. The highest BCUT2D eigenvalue weighted by Gasteiger charge is 2.18. The van der Waals surface area contributed by atoms with Gasteiger partial charge in [-0.2, -0.15) is 0 Å². The Hall–Kier alpha value is -3.47. The van der Waals surface area contributed by atoms with Gasteiger partial charge in [0.2, 0.25) is 5.75 Å². The third-order valence-electron chi connectivity index (χ3n) is 6.40. The average Bonchev–Trinajstić information content (AvgIpc) is 2.89. The van der Waals surface area contributed by atoms with Crippen LogP contribution >= 0.6 is 0 Å². The van der Waals surface area contributed by atoms with Crippen LogP contribution in [0.2, 0.25) is 0 Å². The summed E-state index contributed by atoms with van der Waals surface area (Å²) in [5.41, 5.74) is 3.87. The first-order valence-corrected chi connectivity index (χ1v) is 13.4. The number of ether oxygens (including phenoxy) is 2. The number of aromatic hydroxyl groups is 1. The molecule has 1 N–H and O–H groups in total. The van der Waals surface area contributed by atoms with Crippen LogP contribution in [-0.2, 0) is 13.2 Å². The van der Waals surface area contributed by atoms with Crippen molar-refractivity contribution in [3.63, 3.8) is 0 Å². The zero-order valence-electron chi connectivity index (χ0n) is 22.8. The summed E-state index contributed by atoms with van der Waals surface area (Å²) in [6.45, 7) is 9.69. The van der Waals surface area contributed by atoms with Crippen LogP contribution in [0.25, 0.3) is 10.9 Å². The number of hydrogen-bond acceptors (Lipinski definition) is 4. The van der Waals surface area contributed by atoms with E-state index in [0.717, 1.165) is 44.1 Å². The summed E-state index contributed by atoms with van der Waals surface area (Å²) in [4.78, 5) is 13.2. The zero-order chi connectivity index (χ0) is 26.6.